The van der Waals surface area contributed by atoms with E-state index in [2.05, 4.69) is 24.1 Å². The molecule has 12 heavy (non-hydrogen) atoms. The molecule has 0 aromatic rings. The maximum Gasteiger partial charge on any atom is 0.216 e. The van der Waals surface area contributed by atoms with Crippen LogP contribution in [0.5, 0.6) is 0 Å². The zero-order chi connectivity index (χ0) is 9.14. The van der Waals surface area contributed by atoms with Gasteiger partial charge in [-0.2, -0.15) is 0 Å². The summed E-state index contributed by atoms with van der Waals surface area (Å²) in [5.74, 6) is 0.0656. The van der Waals surface area contributed by atoms with Crippen LogP contribution in [0.15, 0.2) is 0 Å². The van der Waals surface area contributed by atoms with Crippen molar-refractivity contribution in [3.63, 3.8) is 0 Å². The van der Waals surface area contributed by atoms with Gasteiger partial charge >= 0.3 is 0 Å². The Morgan fingerprint density at radius 2 is 2.08 bits per heavy atom. The molecular formula is C9H18N2O. The molecule has 3 heteroatoms. The third-order valence-corrected chi connectivity index (χ3v) is 2.56. The minimum absolute atomic E-state index is 0.0656. The van der Waals surface area contributed by atoms with Gasteiger partial charge in [0.1, 0.15) is 0 Å². The van der Waals surface area contributed by atoms with Crippen LogP contribution in [-0.4, -0.2) is 36.0 Å². The summed E-state index contributed by atoms with van der Waals surface area (Å²) >= 11 is 0. The molecule has 0 spiro atoms. The lowest BCUT2D eigenvalue weighted by Gasteiger charge is -2.45. The molecule has 1 heterocycles. The van der Waals surface area contributed by atoms with E-state index in [-0.39, 0.29) is 5.91 Å². The van der Waals surface area contributed by atoms with Crippen molar-refractivity contribution in [3.05, 3.63) is 0 Å². The van der Waals surface area contributed by atoms with E-state index < -0.39 is 0 Å². The molecule has 70 valence electrons. The minimum Gasteiger partial charge on any atom is -0.355 e. The normalized spacial score (nSPS) is 29.6. The highest BCUT2D eigenvalue weighted by atomic mass is 16.1. The second-order valence-electron chi connectivity index (χ2n) is 3.65. The zero-order valence-electron chi connectivity index (χ0n) is 8.13. The van der Waals surface area contributed by atoms with Crippen molar-refractivity contribution in [3.8, 4) is 0 Å². The number of likely N-dealkylation sites (tertiary alicyclic amines) is 1. The molecule has 1 aliphatic rings. The fraction of sp³-hybridized carbons (Fsp3) is 0.889. The highest BCUT2D eigenvalue weighted by molar-refractivity contribution is 5.72. The van der Waals surface area contributed by atoms with Gasteiger partial charge in [0.05, 0.1) is 0 Å². The Balaban J connectivity index is 2.10. The number of amides is 1. The van der Waals surface area contributed by atoms with Crippen LogP contribution in [0.2, 0.25) is 0 Å². The molecule has 0 saturated carbocycles. The van der Waals surface area contributed by atoms with Gasteiger partial charge in [0, 0.05) is 32.1 Å². The minimum atomic E-state index is 0.0656. The molecule has 1 fully saturated rings. The number of nitrogens with zero attached hydrogens (tertiary/aromatic N) is 1. The number of rotatable bonds is 3. The van der Waals surface area contributed by atoms with E-state index in [9.17, 15) is 4.79 Å². The Bertz CT molecular complexity index is 162. The maximum absolute atomic E-state index is 10.6. The van der Waals surface area contributed by atoms with Gasteiger partial charge in [-0.1, -0.05) is 0 Å². The molecule has 1 aliphatic heterocycles. The third kappa shape index (κ3) is 2.21. The lowest BCUT2D eigenvalue weighted by molar-refractivity contribution is -0.119. The van der Waals surface area contributed by atoms with Crippen LogP contribution in [0.1, 0.15) is 27.2 Å². The standard InChI is InChI=1S/C9H18N2O/c1-7-6-8(2)11(7)5-4-10-9(3)12/h7-8H,4-6H2,1-3H3,(H,10,12). The van der Waals surface area contributed by atoms with Crippen LogP contribution < -0.4 is 5.32 Å². The smallest absolute Gasteiger partial charge is 0.216 e. The van der Waals surface area contributed by atoms with Gasteiger partial charge in [0.15, 0.2) is 0 Å². The summed E-state index contributed by atoms with van der Waals surface area (Å²) in [5, 5.41) is 2.81. The van der Waals surface area contributed by atoms with Gasteiger partial charge in [0.2, 0.25) is 5.91 Å². The number of hydrogen-bond acceptors (Lipinski definition) is 2. The van der Waals surface area contributed by atoms with E-state index in [1.54, 1.807) is 6.92 Å². The van der Waals surface area contributed by atoms with Crippen molar-refractivity contribution in [1.29, 1.82) is 0 Å². The van der Waals surface area contributed by atoms with Crippen molar-refractivity contribution in [1.82, 2.24) is 10.2 Å². The summed E-state index contributed by atoms with van der Waals surface area (Å²) in [5.41, 5.74) is 0. The third-order valence-electron chi connectivity index (χ3n) is 2.56. The summed E-state index contributed by atoms with van der Waals surface area (Å²) in [6, 6.07) is 1.41. The molecule has 0 radical (unpaired) electrons. The summed E-state index contributed by atoms with van der Waals surface area (Å²) in [4.78, 5) is 13.0. The summed E-state index contributed by atoms with van der Waals surface area (Å²) in [6.45, 7) is 7.79. The average Bonchev–Trinajstić information content (AvgIpc) is 1.98. The first-order valence-corrected chi connectivity index (χ1v) is 4.61. The second kappa shape index (κ2) is 3.90. The van der Waals surface area contributed by atoms with Gasteiger partial charge in [-0.15, -0.1) is 0 Å². The molecular weight excluding hydrogens is 152 g/mol. The molecule has 1 N–H and O–H groups in total. The molecule has 3 nitrogen and oxygen atoms in total. The largest absolute Gasteiger partial charge is 0.355 e. The lowest BCUT2D eigenvalue weighted by atomic mass is 9.96. The monoisotopic (exact) mass is 170 g/mol. The Labute approximate surface area is 74.1 Å². The molecule has 0 aromatic heterocycles. The van der Waals surface area contributed by atoms with E-state index in [4.69, 9.17) is 0 Å². The number of carbonyl (C=O) groups excluding carboxylic acids is 1. The SMILES string of the molecule is CC(=O)NCCN1C(C)CC1C. The average molecular weight is 170 g/mol. The number of nitrogens with one attached hydrogen (secondary N) is 1. The predicted molar refractivity (Wildman–Crippen MR) is 48.9 cm³/mol. The van der Waals surface area contributed by atoms with E-state index in [1.807, 2.05) is 0 Å². The van der Waals surface area contributed by atoms with Crippen molar-refractivity contribution >= 4 is 5.91 Å². The number of carbonyl (C=O) groups is 1. The molecule has 0 bridgehead atoms. The Morgan fingerprint density at radius 3 is 2.50 bits per heavy atom. The zero-order valence-corrected chi connectivity index (χ0v) is 8.13. The van der Waals surface area contributed by atoms with E-state index >= 15 is 0 Å². The fourth-order valence-electron chi connectivity index (χ4n) is 1.86. The predicted octanol–water partition coefficient (Wildman–Crippen LogP) is 0.605. The maximum atomic E-state index is 10.6. The molecule has 0 aromatic carbocycles. The second-order valence-corrected chi connectivity index (χ2v) is 3.65. The van der Waals surface area contributed by atoms with E-state index in [0.717, 1.165) is 13.1 Å². The summed E-state index contributed by atoms with van der Waals surface area (Å²) < 4.78 is 0. The lowest BCUT2D eigenvalue weighted by Crippen LogP contribution is -2.54. The van der Waals surface area contributed by atoms with Crippen molar-refractivity contribution in [2.24, 2.45) is 0 Å². The fourth-order valence-corrected chi connectivity index (χ4v) is 1.86. The van der Waals surface area contributed by atoms with Crippen LogP contribution in [0, 0.1) is 0 Å². The quantitative estimate of drug-likeness (QED) is 0.673. The molecule has 2 unspecified atom stereocenters. The van der Waals surface area contributed by atoms with Crippen LogP contribution in [0.3, 0.4) is 0 Å². The Morgan fingerprint density at radius 1 is 1.50 bits per heavy atom. The van der Waals surface area contributed by atoms with E-state index in [0.29, 0.717) is 12.1 Å². The Kier molecular flexibility index (Phi) is 3.09. The molecule has 0 aliphatic carbocycles. The first-order valence-electron chi connectivity index (χ1n) is 4.61. The van der Waals surface area contributed by atoms with Gasteiger partial charge < -0.3 is 5.32 Å². The van der Waals surface area contributed by atoms with Gasteiger partial charge in [-0.3, -0.25) is 9.69 Å². The van der Waals surface area contributed by atoms with Crippen molar-refractivity contribution < 1.29 is 4.79 Å². The van der Waals surface area contributed by atoms with Crippen LogP contribution in [0.4, 0.5) is 0 Å². The van der Waals surface area contributed by atoms with Crippen LogP contribution in [-0.2, 0) is 4.79 Å². The highest BCUT2D eigenvalue weighted by Gasteiger charge is 2.30. The number of hydrogen-bond donors (Lipinski definition) is 1. The van der Waals surface area contributed by atoms with Gasteiger partial charge in [-0.25, -0.2) is 0 Å². The molecule has 2 atom stereocenters. The molecule has 1 rings (SSSR count). The van der Waals surface area contributed by atoms with Crippen molar-refractivity contribution in [2.75, 3.05) is 13.1 Å². The topological polar surface area (TPSA) is 32.3 Å². The highest BCUT2D eigenvalue weighted by Crippen LogP contribution is 2.23. The first-order chi connectivity index (χ1) is 5.61. The summed E-state index contributed by atoms with van der Waals surface area (Å²) in [7, 11) is 0. The van der Waals surface area contributed by atoms with Gasteiger partial charge in [-0.05, 0) is 20.3 Å². The summed E-state index contributed by atoms with van der Waals surface area (Å²) in [6.07, 6.45) is 1.29. The first kappa shape index (κ1) is 9.52. The Hall–Kier alpha value is -0.570. The van der Waals surface area contributed by atoms with Crippen LogP contribution >= 0.6 is 0 Å². The van der Waals surface area contributed by atoms with Crippen LogP contribution in [0.25, 0.3) is 0 Å². The molecule has 1 saturated heterocycles. The van der Waals surface area contributed by atoms with E-state index in [1.165, 1.54) is 6.42 Å². The molecule has 1 amide bonds. The van der Waals surface area contributed by atoms with Crippen molar-refractivity contribution in [2.45, 2.75) is 39.3 Å². The van der Waals surface area contributed by atoms with Gasteiger partial charge in [0.25, 0.3) is 0 Å².